The summed E-state index contributed by atoms with van der Waals surface area (Å²) in [5.74, 6) is -0.909. The lowest BCUT2D eigenvalue weighted by molar-refractivity contribution is 0.0900. The molecule has 0 N–H and O–H groups in total. The van der Waals surface area contributed by atoms with Crippen LogP contribution < -0.4 is 0 Å². The second-order valence-corrected chi connectivity index (χ2v) is 4.78. The van der Waals surface area contributed by atoms with E-state index in [1.807, 2.05) is 0 Å². The Hall–Kier alpha value is -1.64. The minimum absolute atomic E-state index is 0.258. The number of ketones is 2. The molecule has 0 heterocycles. The van der Waals surface area contributed by atoms with Gasteiger partial charge >= 0.3 is 0 Å². The second kappa shape index (κ2) is 6.00. The Balaban J connectivity index is 2.26. The van der Waals surface area contributed by atoms with Crippen LogP contribution in [0.4, 0.5) is 0 Å². The van der Waals surface area contributed by atoms with Crippen molar-refractivity contribution in [3.63, 3.8) is 0 Å². The summed E-state index contributed by atoms with van der Waals surface area (Å²) in [4.78, 5) is 24.2. The first-order valence-electron chi connectivity index (χ1n) is 5.63. The number of rotatable bonds is 4. The van der Waals surface area contributed by atoms with Gasteiger partial charge in [-0.05, 0) is 12.1 Å². The minimum atomic E-state index is -1.26. The molecule has 0 aliphatic rings. The Bertz CT molecular complexity index is 609. The third-order valence-electron chi connectivity index (χ3n) is 2.66. The molecule has 0 fully saturated rings. The Morgan fingerprint density at radius 3 is 2.05 bits per heavy atom. The molecule has 2 aromatic rings. The predicted octanol–water partition coefficient (Wildman–Crippen LogP) is 4.01. The molecule has 0 saturated carbocycles. The van der Waals surface area contributed by atoms with E-state index in [1.54, 1.807) is 54.6 Å². The van der Waals surface area contributed by atoms with Crippen molar-refractivity contribution in [3.05, 3.63) is 70.7 Å². The van der Waals surface area contributed by atoms with Gasteiger partial charge in [0.2, 0.25) is 0 Å². The molecule has 96 valence electrons. The van der Waals surface area contributed by atoms with Crippen LogP contribution in [0.15, 0.2) is 54.6 Å². The molecular formula is C15H10Cl2O2. The number of hydrogen-bond acceptors (Lipinski definition) is 2. The van der Waals surface area contributed by atoms with Crippen molar-refractivity contribution >= 4 is 34.8 Å². The zero-order valence-electron chi connectivity index (χ0n) is 9.85. The van der Waals surface area contributed by atoms with Gasteiger partial charge in [0.1, 0.15) is 0 Å². The number of Topliss-reactive ketones (excluding diaryl/α,β-unsaturated/α-hetero) is 2. The summed E-state index contributed by atoms with van der Waals surface area (Å²) in [6, 6.07) is 15.0. The van der Waals surface area contributed by atoms with Crippen molar-refractivity contribution in [2.24, 2.45) is 0 Å². The molecule has 0 aromatic heterocycles. The highest BCUT2D eigenvalue weighted by atomic mass is 35.5. The molecule has 2 nitrogen and oxygen atoms in total. The Kier molecular flexibility index (Phi) is 4.35. The number of benzene rings is 2. The highest BCUT2D eigenvalue weighted by Gasteiger charge is 2.27. The zero-order chi connectivity index (χ0) is 13.8. The fourth-order valence-electron chi connectivity index (χ4n) is 1.67. The number of hydrogen-bond donors (Lipinski definition) is 0. The standard InChI is InChI=1S/C15H10Cl2O2/c16-12-9-5-4-8-11(12)15(19)13(17)14(18)10-6-2-1-3-7-10/h1-9,13H. The van der Waals surface area contributed by atoms with Crippen LogP contribution in [-0.2, 0) is 0 Å². The smallest absolute Gasteiger partial charge is 0.190 e. The van der Waals surface area contributed by atoms with Gasteiger partial charge in [-0.2, -0.15) is 0 Å². The first-order valence-corrected chi connectivity index (χ1v) is 6.45. The van der Waals surface area contributed by atoms with Crippen LogP contribution in [0.2, 0.25) is 5.02 Å². The molecule has 19 heavy (non-hydrogen) atoms. The summed E-state index contributed by atoms with van der Waals surface area (Å²) in [5.41, 5.74) is 0.663. The van der Waals surface area contributed by atoms with Gasteiger partial charge < -0.3 is 0 Å². The summed E-state index contributed by atoms with van der Waals surface area (Å²) in [6.45, 7) is 0. The van der Waals surface area contributed by atoms with Gasteiger partial charge in [-0.3, -0.25) is 9.59 Å². The molecule has 2 aromatic carbocycles. The minimum Gasteiger partial charge on any atom is -0.292 e. The largest absolute Gasteiger partial charge is 0.292 e. The van der Waals surface area contributed by atoms with Crippen LogP contribution in [0.3, 0.4) is 0 Å². The van der Waals surface area contributed by atoms with Crippen molar-refractivity contribution in [3.8, 4) is 0 Å². The molecule has 4 heteroatoms. The first kappa shape index (κ1) is 13.8. The molecule has 1 unspecified atom stereocenters. The lowest BCUT2D eigenvalue weighted by atomic mass is 10.0. The van der Waals surface area contributed by atoms with E-state index in [1.165, 1.54) is 0 Å². The van der Waals surface area contributed by atoms with E-state index >= 15 is 0 Å². The SMILES string of the molecule is O=C(c1ccccc1)C(Cl)C(=O)c1ccccc1Cl. The van der Waals surface area contributed by atoms with E-state index in [0.29, 0.717) is 10.6 Å². The highest BCUT2D eigenvalue weighted by Crippen LogP contribution is 2.20. The maximum atomic E-state index is 12.1. The molecular weight excluding hydrogens is 283 g/mol. The van der Waals surface area contributed by atoms with E-state index in [-0.39, 0.29) is 5.56 Å². The fraction of sp³-hybridized carbons (Fsp3) is 0.0667. The molecule has 0 aliphatic heterocycles. The number of carbonyl (C=O) groups is 2. The maximum absolute atomic E-state index is 12.1. The van der Waals surface area contributed by atoms with Gasteiger partial charge in [0.15, 0.2) is 16.9 Å². The van der Waals surface area contributed by atoms with E-state index < -0.39 is 16.9 Å². The summed E-state index contributed by atoms with van der Waals surface area (Å²) in [7, 11) is 0. The van der Waals surface area contributed by atoms with E-state index in [2.05, 4.69) is 0 Å². The van der Waals surface area contributed by atoms with Crippen LogP contribution in [0.25, 0.3) is 0 Å². The Labute approximate surface area is 121 Å². The molecule has 0 aliphatic carbocycles. The predicted molar refractivity (Wildman–Crippen MR) is 76.2 cm³/mol. The van der Waals surface area contributed by atoms with Gasteiger partial charge in [0.05, 0.1) is 5.02 Å². The average Bonchev–Trinajstić information content (AvgIpc) is 2.46. The van der Waals surface area contributed by atoms with Gasteiger partial charge in [-0.15, -0.1) is 11.6 Å². The monoisotopic (exact) mass is 292 g/mol. The van der Waals surface area contributed by atoms with Crippen LogP contribution in [0, 0.1) is 0 Å². The van der Waals surface area contributed by atoms with Crippen molar-refractivity contribution < 1.29 is 9.59 Å². The van der Waals surface area contributed by atoms with Gasteiger partial charge in [0.25, 0.3) is 0 Å². The van der Waals surface area contributed by atoms with Crippen molar-refractivity contribution in [2.75, 3.05) is 0 Å². The molecule has 0 bridgehead atoms. The summed E-state index contributed by atoms with van der Waals surface area (Å²) in [6.07, 6.45) is 0. The van der Waals surface area contributed by atoms with Gasteiger partial charge in [-0.25, -0.2) is 0 Å². The van der Waals surface area contributed by atoms with Crippen molar-refractivity contribution in [1.29, 1.82) is 0 Å². The van der Waals surface area contributed by atoms with Crippen LogP contribution in [0.5, 0.6) is 0 Å². The third-order valence-corrected chi connectivity index (χ3v) is 3.38. The number of alkyl halides is 1. The Morgan fingerprint density at radius 1 is 0.842 bits per heavy atom. The number of halogens is 2. The highest BCUT2D eigenvalue weighted by molar-refractivity contribution is 6.48. The van der Waals surface area contributed by atoms with Gasteiger partial charge in [-0.1, -0.05) is 54.1 Å². The topological polar surface area (TPSA) is 34.1 Å². The maximum Gasteiger partial charge on any atom is 0.190 e. The molecule has 0 saturated heterocycles. The van der Waals surface area contributed by atoms with Crippen LogP contribution in [-0.4, -0.2) is 16.9 Å². The van der Waals surface area contributed by atoms with E-state index in [0.717, 1.165) is 0 Å². The first-order chi connectivity index (χ1) is 9.11. The lowest BCUT2D eigenvalue weighted by Gasteiger charge is -2.09. The van der Waals surface area contributed by atoms with Crippen molar-refractivity contribution in [1.82, 2.24) is 0 Å². The quantitative estimate of drug-likeness (QED) is 0.485. The molecule has 2 rings (SSSR count). The molecule has 0 amide bonds. The van der Waals surface area contributed by atoms with E-state index in [4.69, 9.17) is 23.2 Å². The van der Waals surface area contributed by atoms with Crippen LogP contribution >= 0.6 is 23.2 Å². The van der Waals surface area contributed by atoms with E-state index in [9.17, 15) is 9.59 Å². The van der Waals surface area contributed by atoms with Gasteiger partial charge in [0, 0.05) is 11.1 Å². The average molecular weight is 293 g/mol. The molecule has 0 radical (unpaired) electrons. The zero-order valence-corrected chi connectivity index (χ0v) is 11.4. The normalized spacial score (nSPS) is 11.9. The summed E-state index contributed by atoms with van der Waals surface area (Å²) in [5, 5.41) is -0.971. The van der Waals surface area contributed by atoms with Crippen molar-refractivity contribution in [2.45, 2.75) is 5.38 Å². The number of carbonyl (C=O) groups excluding carboxylic acids is 2. The third kappa shape index (κ3) is 3.03. The lowest BCUT2D eigenvalue weighted by Crippen LogP contribution is -2.25. The summed E-state index contributed by atoms with van der Waals surface area (Å²) < 4.78 is 0. The fourth-order valence-corrected chi connectivity index (χ4v) is 2.14. The van der Waals surface area contributed by atoms with Crippen LogP contribution in [0.1, 0.15) is 20.7 Å². The molecule has 0 spiro atoms. The molecule has 1 atom stereocenters. The second-order valence-electron chi connectivity index (χ2n) is 3.94. The summed E-state index contributed by atoms with van der Waals surface area (Å²) >= 11 is 11.9. The Morgan fingerprint density at radius 2 is 1.42 bits per heavy atom.